The molecule has 0 saturated carbocycles. The minimum Gasteiger partial charge on any atom is -0.481 e. The zero-order valence-electron chi connectivity index (χ0n) is 11.1. The first kappa shape index (κ1) is 15.0. The lowest BCUT2D eigenvalue weighted by Crippen LogP contribution is -2.29. The lowest BCUT2D eigenvalue weighted by molar-refractivity contribution is -0.136. The fourth-order valence-electron chi connectivity index (χ4n) is 1.65. The summed E-state index contributed by atoms with van der Waals surface area (Å²) in [6.45, 7) is 2.69. The number of carbonyl (C=O) groups is 2. The fourth-order valence-corrected chi connectivity index (χ4v) is 1.65. The molecule has 0 aromatic heterocycles. The van der Waals surface area contributed by atoms with Gasteiger partial charge < -0.3 is 15.7 Å². The Hall–Kier alpha value is -2.04. The molecule has 0 aliphatic rings. The second-order valence-corrected chi connectivity index (χ2v) is 4.29. The van der Waals surface area contributed by atoms with Crippen molar-refractivity contribution in [2.75, 3.05) is 11.9 Å². The average molecular weight is 264 g/mol. The number of carbonyl (C=O) groups excluding carboxylic acids is 1. The van der Waals surface area contributed by atoms with E-state index in [4.69, 9.17) is 5.11 Å². The van der Waals surface area contributed by atoms with Crippen molar-refractivity contribution in [1.82, 2.24) is 5.32 Å². The molecule has 0 fully saturated rings. The summed E-state index contributed by atoms with van der Waals surface area (Å²) in [4.78, 5) is 22.2. The normalized spacial score (nSPS) is 9.95. The molecule has 0 atom stereocenters. The van der Waals surface area contributed by atoms with Gasteiger partial charge in [0.25, 0.3) is 0 Å². The number of benzene rings is 1. The molecule has 5 heteroatoms. The van der Waals surface area contributed by atoms with E-state index in [0.29, 0.717) is 18.7 Å². The van der Waals surface area contributed by atoms with Crippen LogP contribution in [0.2, 0.25) is 0 Å². The minimum absolute atomic E-state index is 0.0517. The number of amides is 2. The molecule has 0 radical (unpaired) electrons. The van der Waals surface area contributed by atoms with Crippen LogP contribution in [0.5, 0.6) is 0 Å². The highest BCUT2D eigenvalue weighted by Gasteiger charge is 2.07. The number of anilines is 1. The maximum Gasteiger partial charge on any atom is 0.319 e. The highest BCUT2D eigenvalue weighted by atomic mass is 16.4. The van der Waals surface area contributed by atoms with Crippen LogP contribution in [0.1, 0.15) is 31.7 Å². The van der Waals surface area contributed by atoms with Gasteiger partial charge in [0.05, 0.1) is 0 Å². The molecule has 0 spiro atoms. The third-order valence-electron chi connectivity index (χ3n) is 2.69. The Morgan fingerprint density at radius 1 is 1.26 bits per heavy atom. The zero-order valence-corrected chi connectivity index (χ0v) is 11.1. The molecule has 1 rings (SSSR count). The summed E-state index contributed by atoms with van der Waals surface area (Å²) in [5.74, 6) is -0.845. The van der Waals surface area contributed by atoms with Crippen molar-refractivity contribution in [1.29, 1.82) is 0 Å². The van der Waals surface area contributed by atoms with Crippen LogP contribution in [0.25, 0.3) is 0 Å². The van der Waals surface area contributed by atoms with Crippen LogP contribution in [-0.4, -0.2) is 23.7 Å². The molecule has 104 valence electrons. The van der Waals surface area contributed by atoms with Crippen LogP contribution in [-0.2, 0) is 11.2 Å². The van der Waals surface area contributed by atoms with Crippen molar-refractivity contribution in [2.24, 2.45) is 0 Å². The van der Waals surface area contributed by atoms with Crippen molar-refractivity contribution in [3.05, 3.63) is 29.8 Å². The van der Waals surface area contributed by atoms with Crippen molar-refractivity contribution >= 4 is 17.7 Å². The predicted molar refractivity (Wildman–Crippen MR) is 74.3 cm³/mol. The summed E-state index contributed by atoms with van der Waals surface area (Å²) < 4.78 is 0. The number of aryl methyl sites for hydroxylation is 1. The summed E-state index contributed by atoms with van der Waals surface area (Å²) in [6, 6.07) is 6.99. The topological polar surface area (TPSA) is 78.4 Å². The quantitative estimate of drug-likeness (QED) is 0.662. The standard InChI is InChI=1S/C14H20N2O3/c1-2-3-10-15-14(19)16-12-7-5-4-6-11(12)8-9-13(17)18/h4-7H,2-3,8-10H2,1H3,(H,17,18)(H2,15,16,19). The largest absolute Gasteiger partial charge is 0.481 e. The fraction of sp³-hybridized carbons (Fsp3) is 0.429. The second-order valence-electron chi connectivity index (χ2n) is 4.29. The van der Waals surface area contributed by atoms with E-state index < -0.39 is 5.97 Å². The van der Waals surface area contributed by atoms with E-state index in [2.05, 4.69) is 17.6 Å². The van der Waals surface area contributed by atoms with Gasteiger partial charge in [0.2, 0.25) is 0 Å². The molecule has 19 heavy (non-hydrogen) atoms. The summed E-state index contributed by atoms with van der Waals surface area (Å²) in [5, 5.41) is 14.2. The van der Waals surface area contributed by atoms with Gasteiger partial charge in [0, 0.05) is 18.7 Å². The van der Waals surface area contributed by atoms with E-state index in [0.717, 1.165) is 18.4 Å². The van der Waals surface area contributed by atoms with Crippen LogP contribution in [0, 0.1) is 0 Å². The third-order valence-corrected chi connectivity index (χ3v) is 2.69. The molecule has 0 aliphatic heterocycles. The van der Waals surface area contributed by atoms with E-state index in [1.54, 1.807) is 6.07 Å². The van der Waals surface area contributed by atoms with Gasteiger partial charge in [0.1, 0.15) is 0 Å². The Kier molecular flexibility index (Phi) is 6.43. The Morgan fingerprint density at radius 2 is 2.00 bits per heavy atom. The maximum absolute atomic E-state index is 11.6. The van der Waals surface area contributed by atoms with Gasteiger partial charge in [-0.1, -0.05) is 31.5 Å². The molecule has 2 amide bonds. The molecular weight excluding hydrogens is 244 g/mol. The first-order chi connectivity index (χ1) is 9.13. The van der Waals surface area contributed by atoms with Gasteiger partial charge in [-0.05, 0) is 24.5 Å². The number of unbranched alkanes of at least 4 members (excludes halogenated alkanes) is 1. The summed E-state index contributed by atoms with van der Waals surface area (Å²) in [7, 11) is 0. The van der Waals surface area contributed by atoms with Crippen LogP contribution >= 0.6 is 0 Å². The SMILES string of the molecule is CCCCNC(=O)Nc1ccccc1CCC(=O)O. The number of hydrogen-bond acceptors (Lipinski definition) is 2. The van der Waals surface area contributed by atoms with E-state index >= 15 is 0 Å². The lowest BCUT2D eigenvalue weighted by Gasteiger charge is -2.11. The summed E-state index contributed by atoms with van der Waals surface area (Å²) in [5.41, 5.74) is 1.49. The number of urea groups is 1. The van der Waals surface area contributed by atoms with Crippen LogP contribution in [0.15, 0.2) is 24.3 Å². The van der Waals surface area contributed by atoms with Crippen molar-refractivity contribution < 1.29 is 14.7 Å². The number of carboxylic acids is 1. The summed E-state index contributed by atoms with van der Waals surface area (Å²) in [6.07, 6.45) is 2.42. The van der Waals surface area contributed by atoms with E-state index in [1.165, 1.54) is 0 Å². The first-order valence-corrected chi connectivity index (χ1v) is 6.48. The van der Waals surface area contributed by atoms with Gasteiger partial charge in [-0.15, -0.1) is 0 Å². The van der Waals surface area contributed by atoms with Gasteiger partial charge in [-0.25, -0.2) is 4.79 Å². The average Bonchev–Trinajstić information content (AvgIpc) is 2.38. The van der Waals surface area contributed by atoms with E-state index in [9.17, 15) is 9.59 Å². The number of nitrogens with one attached hydrogen (secondary N) is 2. The Labute approximate surface area is 113 Å². The molecule has 1 aromatic carbocycles. The highest BCUT2D eigenvalue weighted by Crippen LogP contribution is 2.16. The van der Waals surface area contributed by atoms with Crippen molar-refractivity contribution in [3.63, 3.8) is 0 Å². The Balaban J connectivity index is 2.56. The molecule has 0 saturated heterocycles. The van der Waals surface area contributed by atoms with Crippen LogP contribution < -0.4 is 10.6 Å². The zero-order chi connectivity index (χ0) is 14.1. The van der Waals surface area contributed by atoms with Gasteiger partial charge in [-0.3, -0.25) is 4.79 Å². The number of carboxylic acid groups (broad SMARTS) is 1. The smallest absolute Gasteiger partial charge is 0.319 e. The molecule has 5 nitrogen and oxygen atoms in total. The summed E-state index contributed by atoms with van der Waals surface area (Å²) >= 11 is 0. The van der Waals surface area contributed by atoms with Gasteiger partial charge in [0.15, 0.2) is 0 Å². The highest BCUT2D eigenvalue weighted by molar-refractivity contribution is 5.90. The van der Waals surface area contributed by atoms with Crippen molar-refractivity contribution in [3.8, 4) is 0 Å². The van der Waals surface area contributed by atoms with Gasteiger partial charge in [-0.2, -0.15) is 0 Å². The van der Waals surface area contributed by atoms with Gasteiger partial charge >= 0.3 is 12.0 Å². The number of rotatable bonds is 7. The monoisotopic (exact) mass is 264 g/mol. The molecule has 0 unspecified atom stereocenters. The molecule has 1 aromatic rings. The molecule has 0 heterocycles. The third kappa shape index (κ3) is 5.90. The molecule has 0 bridgehead atoms. The Bertz CT molecular complexity index is 432. The lowest BCUT2D eigenvalue weighted by atomic mass is 10.1. The molecular formula is C14H20N2O3. The van der Waals surface area contributed by atoms with E-state index in [1.807, 2.05) is 18.2 Å². The number of aliphatic carboxylic acids is 1. The minimum atomic E-state index is -0.845. The van der Waals surface area contributed by atoms with Crippen LogP contribution in [0.4, 0.5) is 10.5 Å². The Morgan fingerprint density at radius 3 is 2.68 bits per heavy atom. The maximum atomic E-state index is 11.6. The second kappa shape index (κ2) is 8.13. The van der Waals surface area contributed by atoms with E-state index in [-0.39, 0.29) is 12.5 Å². The van der Waals surface area contributed by atoms with Crippen molar-refractivity contribution in [2.45, 2.75) is 32.6 Å². The predicted octanol–water partition coefficient (Wildman–Crippen LogP) is 2.63. The first-order valence-electron chi connectivity index (χ1n) is 6.48. The number of hydrogen-bond donors (Lipinski definition) is 3. The van der Waals surface area contributed by atoms with Crippen LogP contribution in [0.3, 0.4) is 0 Å². The molecule has 0 aliphatic carbocycles. The number of para-hydroxylation sites is 1. The molecule has 3 N–H and O–H groups in total.